The Labute approximate surface area is 103 Å². The smallest absolute Gasteiger partial charge is 0.119 e. The van der Waals surface area contributed by atoms with E-state index in [0.717, 1.165) is 30.6 Å². The number of methoxy groups -OCH3 is 1. The first-order valence-corrected chi connectivity index (χ1v) is 6.25. The van der Waals surface area contributed by atoms with Gasteiger partial charge in [-0.25, -0.2) is 0 Å². The van der Waals surface area contributed by atoms with E-state index in [9.17, 15) is 5.11 Å². The minimum atomic E-state index is -0.762. The van der Waals surface area contributed by atoms with Crippen molar-refractivity contribution in [3.05, 3.63) is 29.8 Å². The van der Waals surface area contributed by atoms with Gasteiger partial charge in [-0.1, -0.05) is 25.0 Å². The van der Waals surface area contributed by atoms with Crippen LogP contribution in [0.25, 0.3) is 0 Å². The molecule has 17 heavy (non-hydrogen) atoms. The Hall–Kier alpha value is -1.06. The van der Waals surface area contributed by atoms with Gasteiger partial charge in [0.1, 0.15) is 11.4 Å². The van der Waals surface area contributed by atoms with Crippen LogP contribution in [0.2, 0.25) is 0 Å². The molecule has 0 saturated heterocycles. The average Bonchev–Trinajstić information content (AvgIpc) is 2.39. The Kier molecular flexibility index (Phi) is 3.69. The third-order valence-corrected chi connectivity index (χ3v) is 3.80. The molecule has 1 unspecified atom stereocenters. The maximum absolute atomic E-state index is 10.9. The molecule has 94 valence electrons. The van der Waals surface area contributed by atoms with E-state index in [1.54, 1.807) is 7.11 Å². The summed E-state index contributed by atoms with van der Waals surface area (Å²) in [5.74, 6) is 0.802. The van der Waals surface area contributed by atoms with E-state index in [4.69, 9.17) is 4.74 Å². The lowest BCUT2D eigenvalue weighted by Gasteiger charge is -2.40. The molecule has 2 rings (SSSR count). The lowest BCUT2D eigenvalue weighted by molar-refractivity contribution is -0.0300. The van der Waals surface area contributed by atoms with Crippen LogP contribution in [0.3, 0.4) is 0 Å². The van der Waals surface area contributed by atoms with Gasteiger partial charge in [-0.15, -0.1) is 0 Å². The van der Waals surface area contributed by atoms with Crippen LogP contribution >= 0.6 is 0 Å². The fourth-order valence-corrected chi connectivity index (χ4v) is 2.78. The number of likely N-dealkylation sites (N-methyl/N-ethyl adjacent to an activating group) is 1. The zero-order chi connectivity index (χ0) is 12.3. The maximum atomic E-state index is 10.9. The average molecular weight is 235 g/mol. The van der Waals surface area contributed by atoms with Gasteiger partial charge in [0.25, 0.3) is 0 Å². The van der Waals surface area contributed by atoms with E-state index in [-0.39, 0.29) is 6.04 Å². The van der Waals surface area contributed by atoms with Gasteiger partial charge in [-0.3, -0.25) is 0 Å². The molecule has 0 aliphatic heterocycles. The maximum Gasteiger partial charge on any atom is 0.119 e. The minimum absolute atomic E-state index is 0.128. The molecule has 3 heteroatoms. The molecule has 1 aromatic carbocycles. The Morgan fingerprint density at radius 2 is 2.24 bits per heavy atom. The first-order valence-electron chi connectivity index (χ1n) is 6.25. The van der Waals surface area contributed by atoms with Crippen molar-refractivity contribution in [3.8, 4) is 5.75 Å². The fourth-order valence-electron chi connectivity index (χ4n) is 2.78. The van der Waals surface area contributed by atoms with Gasteiger partial charge in [0.15, 0.2) is 0 Å². The molecule has 2 atom stereocenters. The van der Waals surface area contributed by atoms with Crippen molar-refractivity contribution in [3.63, 3.8) is 0 Å². The number of hydrogen-bond donors (Lipinski definition) is 2. The molecule has 0 aromatic heterocycles. The van der Waals surface area contributed by atoms with E-state index in [1.165, 1.54) is 6.42 Å². The topological polar surface area (TPSA) is 41.5 Å². The van der Waals surface area contributed by atoms with Gasteiger partial charge in [0, 0.05) is 6.04 Å². The molecular formula is C14H21NO2. The van der Waals surface area contributed by atoms with Gasteiger partial charge >= 0.3 is 0 Å². The molecule has 1 aliphatic carbocycles. The molecule has 2 N–H and O–H groups in total. The zero-order valence-electron chi connectivity index (χ0n) is 10.6. The predicted octanol–water partition coefficient (Wildman–Crippen LogP) is 2.04. The van der Waals surface area contributed by atoms with E-state index >= 15 is 0 Å². The number of ether oxygens (including phenoxy) is 1. The van der Waals surface area contributed by atoms with Gasteiger partial charge in [0.2, 0.25) is 0 Å². The summed E-state index contributed by atoms with van der Waals surface area (Å²) in [6.07, 6.45) is 4.08. The van der Waals surface area contributed by atoms with E-state index in [2.05, 4.69) is 5.32 Å². The first kappa shape index (κ1) is 12.4. The number of aliphatic hydroxyl groups is 1. The van der Waals surface area contributed by atoms with Crippen LogP contribution in [0, 0.1) is 0 Å². The van der Waals surface area contributed by atoms with Crippen molar-refractivity contribution >= 4 is 0 Å². The van der Waals surface area contributed by atoms with Gasteiger partial charge in [-0.05, 0) is 37.6 Å². The lowest BCUT2D eigenvalue weighted by atomic mass is 9.76. The van der Waals surface area contributed by atoms with Crippen molar-refractivity contribution in [2.45, 2.75) is 37.3 Å². The number of hydrogen-bond acceptors (Lipinski definition) is 3. The zero-order valence-corrected chi connectivity index (χ0v) is 10.6. The Balaban J connectivity index is 2.33. The normalized spacial score (nSPS) is 29.0. The third-order valence-electron chi connectivity index (χ3n) is 3.80. The van der Waals surface area contributed by atoms with E-state index in [0.29, 0.717) is 0 Å². The monoisotopic (exact) mass is 235 g/mol. The van der Waals surface area contributed by atoms with Crippen LogP contribution in [0.1, 0.15) is 31.2 Å². The highest BCUT2D eigenvalue weighted by molar-refractivity contribution is 5.33. The van der Waals surface area contributed by atoms with Crippen molar-refractivity contribution in [1.29, 1.82) is 0 Å². The van der Waals surface area contributed by atoms with Crippen LogP contribution < -0.4 is 10.1 Å². The predicted molar refractivity (Wildman–Crippen MR) is 68.2 cm³/mol. The molecular weight excluding hydrogens is 214 g/mol. The van der Waals surface area contributed by atoms with Crippen molar-refractivity contribution in [2.24, 2.45) is 0 Å². The van der Waals surface area contributed by atoms with Crippen LogP contribution in [-0.2, 0) is 5.60 Å². The first-order chi connectivity index (χ1) is 8.20. The summed E-state index contributed by atoms with van der Waals surface area (Å²) in [7, 11) is 3.57. The van der Waals surface area contributed by atoms with Crippen LogP contribution in [-0.4, -0.2) is 25.3 Å². The molecule has 1 aliphatic rings. The lowest BCUT2D eigenvalue weighted by Crippen LogP contribution is -2.49. The highest BCUT2D eigenvalue weighted by atomic mass is 16.5. The molecule has 0 radical (unpaired) electrons. The number of benzene rings is 1. The van der Waals surface area contributed by atoms with E-state index in [1.807, 2.05) is 31.3 Å². The van der Waals surface area contributed by atoms with Gasteiger partial charge < -0.3 is 15.2 Å². The third kappa shape index (κ3) is 2.31. The van der Waals surface area contributed by atoms with Crippen molar-refractivity contribution in [2.75, 3.05) is 14.2 Å². The summed E-state index contributed by atoms with van der Waals surface area (Å²) in [5.41, 5.74) is 0.192. The molecule has 3 nitrogen and oxygen atoms in total. The highest BCUT2D eigenvalue weighted by Crippen LogP contribution is 2.38. The summed E-state index contributed by atoms with van der Waals surface area (Å²) >= 11 is 0. The largest absolute Gasteiger partial charge is 0.497 e. The second kappa shape index (κ2) is 5.07. The summed E-state index contributed by atoms with van der Waals surface area (Å²) in [5, 5.41) is 14.1. The Bertz CT molecular complexity index is 380. The summed E-state index contributed by atoms with van der Waals surface area (Å²) in [6.45, 7) is 0. The van der Waals surface area contributed by atoms with Crippen molar-refractivity contribution in [1.82, 2.24) is 5.32 Å². The highest BCUT2D eigenvalue weighted by Gasteiger charge is 2.39. The molecule has 0 amide bonds. The summed E-state index contributed by atoms with van der Waals surface area (Å²) < 4.78 is 5.23. The van der Waals surface area contributed by atoms with Crippen LogP contribution in [0.4, 0.5) is 0 Å². The second-order valence-corrected chi connectivity index (χ2v) is 4.74. The molecule has 1 saturated carbocycles. The van der Waals surface area contributed by atoms with Crippen LogP contribution in [0.5, 0.6) is 5.75 Å². The SMILES string of the molecule is CN[C@H]1CCCCC1(O)c1cccc(OC)c1. The second-order valence-electron chi connectivity index (χ2n) is 4.74. The van der Waals surface area contributed by atoms with Gasteiger partial charge in [-0.2, -0.15) is 0 Å². The number of rotatable bonds is 3. The van der Waals surface area contributed by atoms with E-state index < -0.39 is 5.60 Å². The summed E-state index contributed by atoms with van der Waals surface area (Å²) in [4.78, 5) is 0. The van der Waals surface area contributed by atoms with Crippen LogP contribution in [0.15, 0.2) is 24.3 Å². The van der Waals surface area contributed by atoms with Crippen molar-refractivity contribution < 1.29 is 9.84 Å². The molecule has 0 bridgehead atoms. The standard InChI is InChI=1S/C14H21NO2/c1-15-13-8-3-4-9-14(13,16)11-6-5-7-12(10-11)17-2/h5-7,10,13,15-16H,3-4,8-9H2,1-2H3/t13-,14?/m0/s1. The quantitative estimate of drug-likeness (QED) is 0.842. The van der Waals surface area contributed by atoms with Gasteiger partial charge in [0.05, 0.1) is 7.11 Å². The summed E-state index contributed by atoms with van der Waals surface area (Å²) in [6, 6.07) is 7.90. The molecule has 1 aromatic rings. The molecule has 1 fully saturated rings. The Morgan fingerprint density at radius 1 is 1.41 bits per heavy atom. The Morgan fingerprint density at radius 3 is 2.94 bits per heavy atom. The number of nitrogens with one attached hydrogen (secondary N) is 1. The molecule has 0 spiro atoms. The molecule has 0 heterocycles. The minimum Gasteiger partial charge on any atom is -0.497 e. The fraction of sp³-hybridized carbons (Fsp3) is 0.571.